The Morgan fingerprint density at radius 3 is 2.33 bits per heavy atom. The predicted octanol–water partition coefficient (Wildman–Crippen LogP) is 0.925. The number of aryl methyl sites for hydroxylation is 1. The normalized spacial score (nSPS) is 12.3. The molecule has 0 bridgehead atoms. The van der Waals surface area contributed by atoms with E-state index in [0.717, 1.165) is 25.8 Å². The molecule has 0 saturated carbocycles. The van der Waals surface area contributed by atoms with Crippen molar-refractivity contribution in [1.82, 2.24) is 18.7 Å². The summed E-state index contributed by atoms with van der Waals surface area (Å²) in [7, 11) is 2.54. The van der Waals surface area contributed by atoms with Crippen LogP contribution in [0.4, 0.5) is 10.3 Å². The summed E-state index contributed by atoms with van der Waals surface area (Å²) in [6, 6.07) is 3.50. The van der Waals surface area contributed by atoms with Gasteiger partial charge in [-0.1, -0.05) is 4.98 Å². The molecule has 0 aliphatic carbocycles. The van der Waals surface area contributed by atoms with Gasteiger partial charge in [-0.3, -0.25) is 18.7 Å². The maximum Gasteiger partial charge on any atom is 0.437 e. The van der Waals surface area contributed by atoms with Gasteiger partial charge in [0.15, 0.2) is 5.78 Å². The van der Waals surface area contributed by atoms with E-state index in [2.05, 4.69) is 4.98 Å². The number of carbonyl (C=O) groups excluding carboxylic acids is 1. The van der Waals surface area contributed by atoms with E-state index in [1.165, 1.54) is 33.2 Å². The molecule has 1 aromatic carbocycles. The molecule has 0 radical (unpaired) electrons. The highest BCUT2D eigenvalue weighted by atomic mass is 19.1. The number of Topliss-reactive ketones (excluding diaryl/α,β-unsaturated/α-hetero) is 1. The predicted molar refractivity (Wildman–Crippen MR) is 92.3 cm³/mol. The highest BCUT2D eigenvalue weighted by Gasteiger charge is 2.34. The number of nitrogens with zero attached hydrogens (tertiary/aromatic N) is 5. The number of fused-ring (bicyclic) bond motifs is 1. The maximum atomic E-state index is 13.1. The number of carbonyl (C=O) groups is 1. The first-order chi connectivity index (χ1) is 12.6. The van der Waals surface area contributed by atoms with E-state index >= 15 is 0 Å². The quantitative estimate of drug-likeness (QED) is 0.380. The Morgan fingerprint density at radius 2 is 1.78 bits per heavy atom. The van der Waals surface area contributed by atoms with E-state index in [0.29, 0.717) is 0 Å². The third-order valence-electron chi connectivity index (χ3n) is 4.32. The van der Waals surface area contributed by atoms with Gasteiger partial charge in [0.1, 0.15) is 11.9 Å². The van der Waals surface area contributed by atoms with Crippen LogP contribution in [0, 0.1) is 15.9 Å². The van der Waals surface area contributed by atoms with E-state index in [9.17, 15) is 28.9 Å². The summed E-state index contributed by atoms with van der Waals surface area (Å²) in [6.07, 6.45) is 0. The van der Waals surface area contributed by atoms with Gasteiger partial charge in [-0.05, 0) is 36.1 Å². The number of benzene rings is 1. The summed E-state index contributed by atoms with van der Waals surface area (Å²) in [4.78, 5) is 51.7. The van der Waals surface area contributed by atoms with Gasteiger partial charge in [-0.15, -0.1) is 0 Å². The second kappa shape index (κ2) is 6.27. The molecule has 11 heteroatoms. The summed E-state index contributed by atoms with van der Waals surface area (Å²) < 4.78 is 15.8. The lowest BCUT2D eigenvalue weighted by atomic mass is 10.1. The zero-order valence-corrected chi connectivity index (χ0v) is 14.5. The van der Waals surface area contributed by atoms with Gasteiger partial charge in [-0.2, -0.15) is 4.57 Å². The van der Waals surface area contributed by atoms with Crippen molar-refractivity contribution < 1.29 is 14.1 Å². The Morgan fingerprint density at radius 1 is 1.19 bits per heavy atom. The van der Waals surface area contributed by atoms with Crippen LogP contribution < -0.4 is 11.2 Å². The van der Waals surface area contributed by atoms with Crippen LogP contribution in [0.25, 0.3) is 11.2 Å². The molecule has 0 amide bonds. The zero-order chi connectivity index (χ0) is 20.0. The van der Waals surface area contributed by atoms with Crippen molar-refractivity contribution in [2.45, 2.75) is 13.0 Å². The van der Waals surface area contributed by atoms with Crippen molar-refractivity contribution in [3.63, 3.8) is 0 Å². The molecule has 2 aromatic heterocycles. The SMILES string of the molecule is C[C@@H](C(=O)c1ccc(F)cc1)n1c([N+](=O)[O-])nc2c(=O)n(C)c(=O)n(C)c21. The molecule has 3 rings (SSSR count). The molecule has 0 aliphatic rings. The molecular formula is C16H14FN5O5. The Hall–Kier alpha value is -3.63. The van der Waals surface area contributed by atoms with Crippen LogP contribution in [-0.4, -0.2) is 29.4 Å². The van der Waals surface area contributed by atoms with Crippen LogP contribution in [-0.2, 0) is 14.1 Å². The van der Waals surface area contributed by atoms with Gasteiger partial charge in [0.2, 0.25) is 5.65 Å². The van der Waals surface area contributed by atoms with Crippen LogP contribution >= 0.6 is 0 Å². The lowest BCUT2D eigenvalue weighted by Gasteiger charge is -2.12. The summed E-state index contributed by atoms with van der Waals surface area (Å²) in [6.45, 7) is 1.38. The number of hydrogen-bond donors (Lipinski definition) is 0. The standard InChI is InChI=1S/C16H14FN5O5/c1-8(12(23)9-4-6-10(17)7-5-9)21-13-11(18-15(21)22(26)27)14(24)20(3)16(25)19(13)2/h4-8H,1-3H3/t8-/m0/s1. The van der Waals surface area contributed by atoms with Gasteiger partial charge >= 0.3 is 17.2 Å². The maximum absolute atomic E-state index is 13.1. The molecule has 140 valence electrons. The van der Waals surface area contributed by atoms with E-state index in [1.807, 2.05) is 0 Å². The Labute approximate surface area is 150 Å². The Kier molecular flexibility index (Phi) is 4.22. The van der Waals surface area contributed by atoms with Crippen molar-refractivity contribution >= 4 is 22.9 Å². The van der Waals surface area contributed by atoms with Crippen molar-refractivity contribution in [2.24, 2.45) is 14.1 Å². The molecule has 0 unspecified atom stereocenters. The molecule has 0 aliphatic heterocycles. The van der Waals surface area contributed by atoms with Crippen molar-refractivity contribution in [2.75, 3.05) is 0 Å². The fraction of sp³-hybridized carbons (Fsp3) is 0.250. The number of nitro groups is 1. The van der Waals surface area contributed by atoms with Gasteiger partial charge in [0.05, 0.1) is 0 Å². The summed E-state index contributed by atoms with van der Waals surface area (Å²) in [5, 5.41) is 11.5. The van der Waals surface area contributed by atoms with Crippen LogP contribution in [0.15, 0.2) is 33.9 Å². The summed E-state index contributed by atoms with van der Waals surface area (Å²) in [5.41, 5.74) is -1.85. The highest BCUT2D eigenvalue weighted by Crippen LogP contribution is 2.26. The van der Waals surface area contributed by atoms with Crippen molar-refractivity contribution in [3.8, 4) is 0 Å². The van der Waals surface area contributed by atoms with Crippen LogP contribution in [0.5, 0.6) is 0 Å². The lowest BCUT2D eigenvalue weighted by molar-refractivity contribution is -0.396. The first-order valence-corrected chi connectivity index (χ1v) is 7.77. The molecule has 10 nitrogen and oxygen atoms in total. The third-order valence-corrected chi connectivity index (χ3v) is 4.32. The number of aromatic nitrogens is 4. The van der Waals surface area contributed by atoms with E-state index in [-0.39, 0.29) is 16.7 Å². The number of imidazole rings is 1. The molecule has 0 fully saturated rings. The number of halogens is 1. The second-order valence-corrected chi connectivity index (χ2v) is 5.96. The van der Waals surface area contributed by atoms with E-state index in [4.69, 9.17) is 0 Å². The van der Waals surface area contributed by atoms with E-state index in [1.54, 1.807) is 0 Å². The highest BCUT2D eigenvalue weighted by molar-refractivity contribution is 5.99. The first kappa shape index (κ1) is 18.2. The fourth-order valence-corrected chi connectivity index (χ4v) is 2.90. The minimum Gasteiger partial charge on any atom is -0.390 e. The minimum atomic E-state index is -1.17. The van der Waals surface area contributed by atoms with Gasteiger partial charge in [-0.25, -0.2) is 9.18 Å². The first-order valence-electron chi connectivity index (χ1n) is 7.77. The average Bonchev–Trinajstić information content (AvgIpc) is 3.05. The zero-order valence-electron chi connectivity index (χ0n) is 14.5. The van der Waals surface area contributed by atoms with Crippen LogP contribution in [0.3, 0.4) is 0 Å². The van der Waals surface area contributed by atoms with Crippen molar-refractivity contribution in [3.05, 3.63) is 66.6 Å². The monoisotopic (exact) mass is 375 g/mol. The Balaban J connectivity index is 2.32. The fourth-order valence-electron chi connectivity index (χ4n) is 2.90. The van der Waals surface area contributed by atoms with E-state index < -0.39 is 39.8 Å². The molecule has 27 heavy (non-hydrogen) atoms. The molecule has 0 spiro atoms. The smallest absolute Gasteiger partial charge is 0.390 e. The molecule has 0 saturated heterocycles. The molecular weight excluding hydrogens is 361 g/mol. The molecule has 3 aromatic rings. The summed E-state index contributed by atoms with van der Waals surface area (Å²) in [5.74, 6) is -1.85. The Bertz CT molecular complexity index is 1210. The molecule has 1 atom stereocenters. The van der Waals surface area contributed by atoms with Crippen LogP contribution in [0.1, 0.15) is 23.3 Å². The molecule has 0 N–H and O–H groups in total. The number of rotatable bonds is 4. The minimum absolute atomic E-state index is 0.119. The third kappa shape index (κ3) is 2.72. The average molecular weight is 375 g/mol. The molecule has 2 heterocycles. The topological polar surface area (TPSA) is 122 Å². The van der Waals surface area contributed by atoms with Gasteiger partial charge < -0.3 is 10.1 Å². The largest absolute Gasteiger partial charge is 0.437 e. The van der Waals surface area contributed by atoms with Crippen LogP contribution in [0.2, 0.25) is 0 Å². The number of ketones is 1. The number of hydrogen-bond acceptors (Lipinski definition) is 6. The van der Waals surface area contributed by atoms with Gasteiger partial charge in [0.25, 0.3) is 5.52 Å². The summed E-state index contributed by atoms with van der Waals surface area (Å²) >= 11 is 0. The van der Waals surface area contributed by atoms with Crippen molar-refractivity contribution in [1.29, 1.82) is 0 Å². The van der Waals surface area contributed by atoms with Gasteiger partial charge in [0, 0.05) is 19.7 Å². The lowest BCUT2D eigenvalue weighted by Crippen LogP contribution is -2.37. The second-order valence-electron chi connectivity index (χ2n) is 5.96.